The molecule has 4 rings (SSSR count). The average Bonchev–Trinajstić information content (AvgIpc) is 3.10. The zero-order chi connectivity index (χ0) is 20.1. The number of carbonyl (C=O) groups excluding carboxylic acids is 2. The molecular formula is C24H23N3O2. The van der Waals surface area contributed by atoms with Crippen LogP contribution in [0.15, 0.2) is 84.9 Å². The van der Waals surface area contributed by atoms with E-state index in [0.717, 1.165) is 16.9 Å². The normalized spacial score (nSPS) is 15.9. The third kappa shape index (κ3) is 4.82. The molecular weight excluding hydrogens is 362 g/mol. The second kappa shape index (κ2) is 8.61. The van der Waals surface area contributed by atoms with E-state index in [-0.39, 0.29) is 24.2 Å². The summed E-state index contributed by atoms with van der Waals surface area (Å²) in [6.45, 7) is 0.988. The third-order valence-electron chi connectivity index (χ3n) is 4.99. The second-order valence-corrected chi connectivity index (χ2v) is 7.22. The largest absolute Gasteiger partial charge is 0.355 e. The fraction of sp³-hybridized carbons (Fsp3) is 0.167. The number of likely N-dealkylation sites (tertiary alicyclic amines) is 1. The lowest BCUT2D eigenvalue weighted by Crippen LogP contribution is -2.28. The van der Waals surface area contributed by atoms with Crippen molar-refractivity contribution in [3.8, 4) is 0 Å². The number of anilines is 3. The smallest absolute Gasteiger partial charge is 0.229 e. The van der Waals surface area contributed by atoms with Crippen molar-refractivity contribution < 1.29 is 9.59 Å². The lowest BCUT2D eigenvalue weighted by Gasteiger charge is -2.17. The number of hydrogen-bond acceptors (Lipinski definition) is 3. The van der Waals surface area contributed by atoms with Gasteiger partial charge in [-0.2, -0.15) is 0 Å². The summed E-state index contributed by atoms with van der Waals surface area (Å²) in [7, 11) is 0. The molecule has 0 aliphatic carbocycles. The first-order chi connectivity index (χ1) is 14.2. The van der Waals surface area contributed by atoms with E-state index >= 15 is 0 Å². The van der Waals surface area contributed by atoms with Crippen molar-refractivity contribution in [2.45, 2.75) is 13.0 Å². The van der Waals surface area contributed by atoms with Gasteiger partial charge in [0.2, 0.25) is 11.8 Å². The number of carbonyl (C=O) groups is 2. The SMILES string of the molecule is O=C(Nc1cccc(Nc2ccccc2)c1)C1CC(=O)N(Cc2ccccc2)C1. The number of hydrogen-bond donors (Lipinski definition) is 2. The predicted octanol–water partition coefficient (Wildman–Crippen LogP) is 4.42. The van der Waals surface area contributed by atoms with Crippen molar-refractivity contribution in [2.24, 2.45) is 5.92 Å². The van der Waals surface area contributed by atoms with Gasteiger partial charge in [0.15, 0.2) is 0 Å². The lowest BCUT2D eigenvalue weighted by molar-refractivity contribution is -0.128. The van der Waals surface area contributed by atoms with Crippen molar-refractivity contribution in [3.63, 3.8) is 0 Å². The quantitative estimate of drug-likeness (QED) is 0.660. The molecule has 1 aliphatic rings. The first-order valence-corrected chi connectivity index (χ1v) is 9.72. The van der Waals surface area contributed by atoms with Crippen LogP contribution in [0.2, 0.25) is 0 Å². The summed E-state index contributed by atoms with van der Waals surface area (Å²) in [5.41, 5.74) is 3.66. The van der Waals surface area contributed by atoms with Crippen LogP contribution in [0, 0.1) is 5.92 Å². The van der Waals surface area contributed by atoms with Gasteiger partial charge in [-0.15, -0.1) is 0 Å². The van der Waals surface area contributed by atoms with E-state index in [9.17, 15) is 9.59 Å². The molecule has 1 aliphatic heterocycles. The Morgan fingerprint density at radius 2 is 1.52 bits per heavy atom. The van der Waals surface area contributed by atoms with Gasteiger partial charge in [0.05, 0.1) is 5.92 Å². The van der Waals surface area contributed by atoms with Gasteiger partial charge in [-0.3, -0.25) is 9.59 Å². The molecule has 0 bridgehead atoms. The number of nitrogens with one attached hydrogen (secondary N) is 2. The minimum absolute atomic E-state index is 0.0218. The summed E-state index contributed by atoms with van der Waals surface area (Å²) in [5.74, 6) is -0.434. The molecule has 1 atom stereocenters. The van der Waals surface area contributed by atoms with Gasteiger partial charge < -0.3 is 15.5 Å². The third-order valence-corrected chi connectivity index (χ3v) is 4.99. The maximum atomic E-state index is 12.7. The molecule has 29 heavy (non-hydrogen) atoms. The van der Waals surface area contributed by atoms with Gasteiger partial charge >= 0.3 is 0 Å². The van der Waals surface area contributed by atoms with Gasteiger partial charge in [0, 0.05) is 36.6 Å². The fourth-order valence-corrected chi connectivity index (χ4v) is 3.51. The average molecular weight is 385 g/mol. The maximum Gasteiger partial charge on any atom is 0.229 e. The highest BCUT2D eigenvalue weighted by Crippen LogP contribution is 2.24. The fourth-order valence-electron chi connectivity index (χ4n) is 3.51. The Bertz CT molecular complexity index is 989. The second-order valence-electron chi connectivity index (χ2n) is 7.22. The molecule has 2 amide bonds. The zero-order valence-corrected chi connectivity index (χ0v) is 16.0. The molecule has 5 heteroatoms. The first kappa shape index (κ1) is 18.7. The van der Waals surface area contributed by atoms with Crippen molar-refractivity contribution in [2.75, 3.05) is 17.2 Å². The monoisotopic (exact) mass is 385 g/mol. The summed E-state index contributed by atoms with van der Waals surface area (Å²) in [4.78, 5) is 26.8. The lowest BCUT2D eigenvalue weighted by atomic mass is 10.1. The molecule has 0 spiro atoms. The van der Waals surface area contributed by atoms with Gasteiger partial charge in [0.1, 0.15) is 0 Å². The number of benzene rings is 3. The van der Waals surface area contributed by atoms with Crippen molar-refractivity contribution in [3.05, 3.63) is 90.5 Å². The highest BCUT2D eigenvalue weighted by atomic mass is 16.2. The molecule has 0 saturated carbocycles. The summed E-state index contributed by atoms with van der Waals surface area (Å²) in [6, 6.07) is 27.3. The van der Waals surface area contributed by atoms with Crippen molar-refractivity contribution >= 4 is 28.9 Å². The van der Waals surface area contributed by atoms with Crippen LogP contribution < -0.4 is 10.6 Å². The molecule has 1 unspecified atom stereocenters. The Kier molecular flexibility index (Phi) is 5.56. The van der Waals surface area contributed by atoms with E-state index in [4.69, 9.17) is 0 Å². The Hall–Kier alpha value is -3.60. The van der Waals surface area contributed by atoms with Crippen LogP contribution in [0.4, 0.5) is 17.1 Å². The van der Waals surface area contributed by atoms with Crippen LogP contribution in [0.1, 0.15) is 12.0 Å². The summed E-state index contributed by atoms with van der Waals surface area (Å²) in [6.07, 6.45) is 0.251. The summed E-state index contributed by atoms with van der Waals surface area (Å²) >= 11 is 0. The molecule has 1 heterocycles. The Labute approximate surface area is 170 Å². The Balaban J connectivity index is 1.37. The number of rotatable bonds is 6. The van der Waals surface area contributed by atoms with Gasteiger partial charge in [-0.25, -0.2) is 0 Å². The van der Waals surface area contributed by atoms with Crippen molar-refractivity contribution in [1.82, 2.24) is 4.90 Å². The van der Waals surface area contributed by atoms with Crippen LogP contribution in [0.25, 0.3) is 0 Å². The summed E-state index contributed by atoms with van der Waals surface area (Å²) < 4.78 is 0. The number of amides is 2. The molecule has 146 valence electrons. The molecule has 1 saturated heterocycles. The topological polar surface area (TPSA) is 61.4 Å². The van der Waals surface area contributed by atoms with E-state index in [1.54, 1.807) is 4.90 Å². The minimum Gasteiger partial charge on any atom is -0.355 e. The van der Waals surface area contributed by atoms with E-state index in [2.05, 4.69) is 10.6 Å². The molecule has 0 radical (unpaired) electrons. The van der Waals surface area contributed by atoms with Crippen LogP contribution in [0.3, 0.4) is 0 Å². The zero-order valence-electron chi connectivity index (χ0n) is 16.0. The molecule has 0 aromatic heterocycles. The number of nitrogens with zero attached hydrogens (tertiary/aromatic N) is 1. The standard InChI is InChI=1S/C24H23N3O2/c28-23-14-19(17-27(23)16-18-8-3-1-4-9-18)24(29)26-22-13-7-12-21(15-22)25-20-10-5-2-6-11-20/h1-13,15,19,25H,14,16-17H2,(H,26,29). The van der Waals surface area contributed by atoms with E-state index in [1.807, 2.05) is 84.9 Å². The molecule has 3 aromatic carbocycles. The van der Waals surface area contributed by atoms with Crippen molar-refractivity contribution in [1.29, 1.82) is 0 Å². The molecule has 2 N–H and O–H groups in total. The molecule has 1 fully saturated rings. The maximum absolute atomic E-state index is 12.7. The van der Waals surface area contributed by atoms with Crippen LogP contribution in [0.5, 0.6) is 0 Å². The van der Waals surface area contributed by atoms with Gasteiger partial charge in [-0.1, -0.05) is 54.6 Å². The predicted molar refractivity (Wildman–Crippen MR) is 115 cm³/mol. The van der Waals surface area contributed by atoms with E-state index in [0.29, 0.717) is 18.8 Å². The van der Waals surface area contributed by atoms with Gasteiger partial charge in [0.25, 0.3) is 0 Å². The highest BCUT2D eigenvalue weighted by Gasteiger charge is 2.34. The minimum atomic E-state index is -0.336. The van der Waals surface area contributed by atoms with E-state index in [1.165, 1.54) is 0 Å². The highest BCUT2D eigenvalue weighted by molar-refractivity contribution is 5.97. The van der Waals surface area contributed by atoms with Crippen LogP contribution >= 0.6 is 0 Å². The van der Waals surface area contributed by atoms with Gasteiger partial charge in [-0.05, 0) is 35.9 Å². The first-order valence-electron chi connectivity index (χ1n) is 9.72. The van der Waals surface area contributed by atoms with Crippen LogP contribution in [-0.4, -0.2) is 23.3 Å². The Morgan fingerprint density at radius 1 is 0.862 bits per heavy atom. The van der Waals surface area contributed by atoms with Crippen LogP contribution in [-0.2, 0) is 16.1 Å². The molecule has 3 aromatic rings. The Morgan fingerprint density at radius 3 is 2.28 bits per heavy atom. The summed E-state index contributed by atoms with van der Waals surface area (Å²) in [5, 5.41) is 6.27. The number of para-hydroxylation sites is 1. The van der Waals surface area contributed by atoms with E-state index < -0.39 is 0 Å². The molecule has 5 nitrogen and oxygen atoms in total.